The molecule has 1 aliphatic carbocycles. The Morgan fingerprint density at radius 3 is 2.87 bits per heavy atom. The maximum atomic E-state index is 9.07. The van der Waals surface area contributed by atoms with Crippen molar-refractivity contribution in [2.75, 3.05) is 13.2 Å². The van der Waals surface area contributed by atoms with Crippen molar-refractivity contribution in [3.05, 3.63) is 16.6 Å². The van der Waals surface area contributed by atoms with Crippen LogP contribution in [0.25, 0.3) is 0 Å². The SMILES string of the molecule is OCCN(Cc1cscn1)C1CCCC1. The molecule has 1 aromatic rings. The van der Waals surface area contributed by atoms with E-state index in [-0.39, 0.29) is 6.61 Å². The summed E-state index contributed by atoms with van der Waals surface area (Å²) in [5.41, 5.74) is 3.02. The van der Waals surface area contributed by atoms with Crippen LogP contribution in [0.1, 0.15) is 31.4 Å². The summed E-state index contributed by atoms with van der Waals surface area (Å²) in [6.45, 7) is 1.93. The van der Waals surface area contributed by atoms with E-state index >= 15 is 0 Å². The molecular formula is C11H18N2OS. The van der Waals surface area contributed by atoms with Gasteiger partial charge < -0.3 is 5.11 Å². The normalized spacial score (nSPS) is 17.7. The molecule has 0 spiro atoms. The van der Waals surface area contributed by atoms with Crippen LogP contribution in [0.5, 0.6) is 0 Å². The van der Waals surface area contributed by atoms with E-state index in [0.717, 1.165) is 18.8 Å². The van der Waals surface area contributed by atoms with Crippen molar-refractivity contribution in [1.82, 2.24) is 9.88 Å². The lowest BCUT2D eigenvalue weighted by atomic mass is 10.2. The number of nitrogens with zero attached hydrogens (tertiary/aromatic N) is 2. The number of aliphatic hydroxyl groups excluding tert-OH is 1. The Kier molecular flexibility index (Phi) is 4.11. The van der Waals surface area contributed by atoms with Gasteiger partial charge >= 0.3 is 0 Å². The molecule has 0 unspecified atom stereocenters. The fourth-order valence-corrected chi connectivity index (χ4v) is 2.86. The van der Waals surface area contributed by atoms with Gasteiger partial charge in [-0.15, -0.1) is 11.3 Å². The number of hydrogen-bond donors (Lipinski definition) is 1. The van der Waals surface area contributed by atoms with Gasteiger partial charge in [-0.1, -0.05) is 12.8 Å². The fraction of sp³-hybridized carbons (Fsp3) is 0.727. The third-order valence-corrected chi connectivity index (χ3v) is 3.71. The number of hydrogen-bond acceptors (Lipinski definition) is 4. The van der Waals surface area contributed by atoms with Crippen molar-refractivity contribution in [2.24, 2.45) is 0 Å². The summed E-state index contributed by atoms with van der Waals surface area (Å²) in [6.07, 6.45) is 5.24. The molecule has 4 heteroatoms. The van der Waals surface area contributed by atoms with Crippen molar-refractivity contribution in [1.29, 1.82) is 0 Å². The third-order valence-electron chi connectivity index (χ3n) is 3.08. The van der Waals surface area contributed by atoms with Gasteiger partial charge in [0.05, 0.1) is 17.8 Å². The highest BCUT2D eigenvalue weighted by Gasteiger charge is 2.22. The van der Waals surface area contributed by atoms with Gasteiger partial charge in [0.2, 0.25) is 0 Å². The summed E-state index contributed by atoms with van der Waals surface area (Å²) in [6, 6.07) is 0.666. The zero-order chi connectivity index (χ0) is 10.5. The Morgan fingerprint density at radius 2 is 2.27 bits per heavy atom. The van der Waals surface area contributed by atoms with Crippen LogP contribution in [0.15, 0.2) is 10.9 Å². The largest absolute Gasteiger partial charge is 0.395 e. The average Bonchev–Trinajstić information content (AvgIpc) is 2.89. The van der Waals surface area contributed by atoms with Gasteiger partial charge in [0.1, 0.15) is 0 Å². The molecule has 0 aliphatic heterocycles. The van der Waals surface area contributed by atoms with Crippen LogP contribution >= 0.6 is 11.3 Å². The molecule has 84 valence electrons. The molecule has 1 fully saturated rings. The van der Waals surface area contributed by atoms with Crippen molar-refractivity contribution < 1.29 is 5.11 Å². The lowest BCUT2D eigenvalue weighted by molar-refractivity contribution is 0.143. The molecule has 0 bridgehead atoms. The molecule has 1 aromatic heterocycles. The maximum absolute atomic E-state index is 9.07. The van der Waals surface area contributed by atoms with Crippen LogP contribution in [0.3, 0.4) is 0 Å². The lowest BCUT2D eigenvalue weighted by Crippen LogP contribution is -2.35. The highest BCUT2D eigenvalue weighted by Crippen LogP contribution is 2.24. The molecule has 1 aliphatic rings. The Hall–Kier alpha value is -0.450. The second-order valence-electron chi connectivity index (χ2n) is 4.11. The Balaban J connectivity index is 1.93. The highest BCUT2D eigenvalue weighted by atomic mass is 32.1. The topological polar surface area (TPSA) is 36.4 Å². The summed E-state index contributed by atoms with van der Waals surface area (Å²) in [5.74, 6) is 0. The van der Waals surface area contributed by atoms with Gasteiger partial charge in [0.25, 0.3) is 0 Å². The molecule has 1 saturated carbocycles. The first-order chi connectivity index (χ1) is 7.40. The van der Waals surface area contributed by atoms with Crippen LogP contribution < -0.4 is 0 Å². The molecule has 1 heterocycles. The third kappa shape index (κ3) is 3.00. The molecule has 1 N–H and O–H groups in total. The highest BCUT2D eigenvalue weighted by molar-refractivity contribution is 7.07. The molecule has 0 saturated heterocycles. The summed E-state index contributed by atoms with van der Waals surface area (Å²) >= 11 is 1.64. The first kappa shape index (κ1) is 11.0. The summed E-state index contributed by atoms with van der Waals surface area (Å²) < 4.78 is 0. The number of aromatic nitrogens is 1. The van der Waals surface area contributed by atoms with E-state index in [2.05, 4.69) is 15.3 Å². The summed E-state index contributed by atoms with van der Waals surface area (Å²) in [5, 5.41) is 11.2. The first-order valence-corrected chi connectivity index (χ1v) is 6.56. The Labute approximate surface area is 94.8 Å². The minimum Gasteiger partial charge on any atom is -0.395 e. The zero-order valence-corrected chi connectivity index (χ0v) is 9.75. The molecule has 0 atom stereocenters. The van der Waals surface area contributed by atoms with E-state index in [1.807, 2.05) is 5.51 Å². The quantitative estimate of drug-likeness (QED) is 0.833. The van der Waals surface area contributed by atoms with E-state index < -0.39 is 0 Å². The van der Waals surface area contributed by atoms with Crippen molar-refractivity contribution in [2.45, 2.75) is 38.3 Å². The van der Waals surface area contributed by atoms with E-state index in [1.165, 1.54) is 25.7 Å². The fourth-order valence-electron chi connectivity index (χ4n) is 2.31. The van der Waals surface area contributed by atoms with Gasteiger partial charge in [-0.05, 0) is 12.8 Å². The second-order valence-corrected chi connectivity index (χ2v) is 4.83. The minimum atomic E-state index is 0.251. The Morgan fingerprint density at radius 1 is 1.47 bits per heavy atom. The molecule has 0 amide bonds. The molecule has 3 nitrogen and oxygen atoms in total. The van der Waals surface area contributed by atoms with Crippen molar-refractivity contribution in [3.63, 3.8) is 0 Å². The monoisotopic (exact) mass is 226 g/mol. The van der Waals surface area contributed by atoms with Crippen molar-refractivity contribution in [3.8, 4) is 0 Å². The van der Waals surface area contributed by atoms with Crippen LogP contribution in [0.2, 0.25) is 0 Å². The molecule has 0 aromatic carbocycles. The van der Waals surface area contributed by atoms with Crippen LogP contribution in [0.4, 0.5) is 0 Å². The van der Waals surface area contributed by atoms with E-state index in [0.29, 0.717) is 6.04 Å². The smallest absolute Gasteiger partial charge is 0.0795 e. The molecule has 0 radical (unpaired) electrons. The van der Waals surface area contributed by atoms with Gasteiger partial charge in [0.15, 0.2) is 0 Å². The molecule has 2 rings (SSSR count). The van der Waals surface area contributed by atoms with Gasteiger partial charge in [-0.2, -0.15) is 0 Å². The minimum absolute atomic E-state index is 0.251. The first-order valence-electron chi connectivity index (χ1n) is 5.62. The standard InChI is InChI=1S/C11H18N2OS/c14-6-5-13(11-3-1-2-4-11)7-10-8-15-9-12-10/h8-9,11,14H,1-7H2. The second kappa shape index (κ2) is 5.58. The number of aliphatic hydroxyl groups is 1. The van der Waals surface area contributed by atoms with Crippen molar-refractivity contribution >= 4 is 11.3 Å². The predicted molar refractivity (Wildman–Crippen MR) is 61.9 cm³/mol. The lowest BCUT2D eigenvalue weighted by Gasteiger charge is -2.27. The van der Waals surface area contributed by atoms with E-state index in [4.69, 9.17) is 5.11 Å². The van der Waals surface area contributed by atoms with Crippen LogP contribution in [-0.4, -0.2) is 34.2 Å². The molecular weight excluding hydrogens is 208 g/mol. The van der Waals surface area contributed by atoms with Crippen LogP contribution in [0, 0.1) is 0 Å². The van der Waals surface area contributed by atoms with Gasteiger partial charge in [0, 0.05) is 24.5 Å². The summed E-state index contributed by atoms with van der Waals surface area (Å²) in [4.78, 5) is 6.68. The van der Waals surface area contributed by atoms with Crippen LogP contribution in [-0.2, 0) is 6.54 Å². The zero-order valence-electron chi connectivity index (χ0n) is 8.93. The molecule has 15 heavy (non-hydrogen) atoms. The summed E-state index contributed by atoms with van der Waals surface area (Å²) in [7, 11) is 0. The predicted octanol–water partition coefficient (Wildman–Crippen LogP) is 1.88. The van der Waals surface area contributed by atoms with E-state index in [1.54, 1.807) is 11.3 Å². The average molecular weight is 226 g/mol. The van der Waals surface area contributed by atoms with Gasteiger partial charge in [-0.25, -0.2) is 4.98 Å². The number of rotatable bonds is 5. The van der Waals surface area contributed by atoms with Gasteiger partial charge in [-0.3, -0.25) is 4.90 Å². The Bertz CT molecular complexity index is 270. The van der Waals surface area contributed by atoms with E-state index in [9.17, 15) is 0 Å². The number of thiazole rings is 1. The maximum Gasteiger partial charge on any atom is 0.0795 e.